The van der Waals surface area contributed by atoms with Gasteiger partial charge in [-0.25, -0.2) is 0 Å². The lowest BCUT2D eigenvalue weighted by Crippen LogP contribution is -2.46. The molecule has 4 nitrogen and oxygen atoms in total. The van der Waals surface area contributed by atoms with Crippen molar-refractivity contribution in [2.45, 2.75) is 77.0 Å². The van der Waals surface area contributed by atoms with Crippen molar-refractivity contribution in [2.24, 2.45) is 0 Å². The standard InChI is InChI=1S/C16H33NO3/c1-4-5-6-7-9-19-13-15(18)12-17-14-8-10-20-16(2,3)11-14/h14-15,17-18H,4-13H2,1-3H3. The van der Waals surface area contributed by atoms with Gasteiger partial charge in [0.05, 0.1) is 18.3 Å². The average molecular weight is 287 g/mol. The van der Waals surface area contributed by atoms with E-state index >= 15 is 0 Å². The molecule has 1 aliphatic heterocycles. The Morgan fingerprint density at radius 3 is 2.85 bits per heavy atom. The van der Waals surface area contributed by atoms with Crippen LogP contribution in [0.15, 0.2) is 0 Å². The van der Waals surface area contributed by atoms with E-state index in [4.69, 9.17) is 9.47 Å². The Morgan fingerprint density at radius 2 is 2.15 bits per heavy atom. The van der Waals surface area contributed by atoms with Crippen LogP contribution in [0.3, 0.4) is 0 Å². The van der Waals surface area contributed by atoms with Crippen molar-refractivity contribution >= 4 is 0 Å². The molecular formula is C16H33NO3. The minimum absolute atomic E-state index is 0.0450. The minimum Gasteiger partial charge on any atom is -0.389 e. The van der Waals surface area contributed by atoms with Gasteiger partial charge in [-0.2, -0.15) is 0 Å². The van der Waals surface area contributed by atoms with E-state index in [1.807, 2.05) is 0 Å². The molecule has 0 spiro atoms. The Kier molecular flexibility index (Phi) is 8.69. The molecule has 1 saturated heterocycles. The highest BCUT2D eigenvalue weighted by atomic mass is 16.5. The van der Waals surface area contributed by atoms with E-state index in [0.29, 0.717) is 19.2 Å². The molecule has 0 aromatic rings. The molecule has 4 heteroatoms. The first-order chi connectivity index (χ1) is 9.53. The van der Waals surface area contributed by atoms with Gasteiger partial charge in [0.1, 0.15) is 0 Å². The van der Waals surface area contributed by atoms with Gasteiger partial charge in [-0.3, -0.25) is 0 Å². The summed E-state index contributed by atoms with van der Waals surface area (Å²) in [5.41, 5.74) is -0.0450. The highest BCUT2D eigenvalue weighted by molar-refractivity contribution is 4.83. The van der Waals surface area contributed by atoms with Crippen molar-refractivity contribution in [3.8, 4) is 0 Å². The van der Waals surface area contributed by atoms with E-state index < -0.39 is 6.10 Å². The Bertz CT molecular complexity index is 246. The highest BCUT2D eigenvalue weighted by Gasteiger charge is 2.28. The van der Waals surface area contributed by atoms with Gasteiger partial charge in [-0.05, 0) is 33.1 Å². The Morgan fingerprint density at radius 1 is 1.35 bits per heavy atom. The van der Waals surface area contributed by atoms with Crippen LogP contribution >= 0.6 is 0 Å². The first-order valence-electron chi connectivity index (χ1n) is 8.16. The maximum atomic E-state index is 9.89. The zero-order chi connectivity index (χ0) is 14.8. The first-order valence-corrected chi connectivity index (χ1v) is 8.16. The largest absolute Gasteiger partial charge is 0.389 e. The normalized spacial score (nSPS) is 23.7. The number of hydrogen-bond donors (Lipinski definition) is 2. The molecule has 1 aliphatic rings. The molecule has 120 valence electrons. The van der Waals surface area contributed by atoms with Crippen LogP contribution in [-0.2, 0) is 9.47 Å². The number of unbranched alkanes of at least 4 members (excludes halogenated alkanes) is 3. The molecule has 0 aliphatic carbocycles. The van der Waals surface area contributed by atoms with E-state index in [1.54, 1.807) is 0 Å². The molecule has 1 rings (SSSR count). The second-order valence-corrected chi connectivity index (χ2v) is 6.50. The van der Waals surface area contributed by atoms with Crippen LogP contribution in [-0.4, -0.2) is 49.2 Å². The molecule has 2 atom stereocenters. The molecule has 2 unspecified atom stereocenters. The summed E-state index contributed by atoms with van der Waals surface area (Å²) in [6.07, 6.45) is 6.45. The predicted octanol–water partition coefficient (Wildman–Crippen LogP) is 2.49. The van der Waals surface area contributed by atoms with Crippen molar-refractivity contribution in [1.82, 2.24) is 5.32 Å². The number of ether oxygens (including phenoxy) is 2. The van der Waals surface area contributed by atoms with Gasteiger partial charge < -0.3 is 19.9 Å². The summed E-state index contributed by atoms with van der Waals surface area (Å²) >= 11 is 0. The lowest BCUT2D eigenvalue weighted by atomic mass is 9.94. The molecule has 0 bridgehead atoms. The van der Waals surface area contributed by atoms with E-state index in [2.05, 4.69) is 26.1 Å². The molecule has 0 saturated carbocycles. The van der Waals surface area contributed by atoms with Gasteiger partial charge in [0.15, 0.2) is 0 Å². The summed E-state index contributed by atoms with van der Waals surface area (Å²) in [6, 6.07) is 0.443. The van der Waals surface area contributed by atoms with Gasteiger partial charge in [-0.15, -0.1) is 0 Å². The first kappa shape index (κ1) is 17.9. The Hall–Kier alpha value is -0.160. The van der Waals surface area contributed by atoms with Gasteiger partial charge in [0.2, 0.25) is 0 Å². The summed E-state index contributed by atoms with van der Waals surface area (Å²) in [7, 11) is 0. The smallest absolute Gasteiger partial charge is 0.0897 e. The van der Waals surface area contributed by atoms with Crippen molar-refractivity contribution in [2.75, 3.05) is 26.4 Å². The highest BCUT2D eigenvalue weighted by Crippen LogP contribution is 2.23. The van der Waals surface area contributed by atoms with Crippen LogP contribution in [0.1, 0.15) is 59.3 Å². The fraction of sp³-hybridized carbons (Fsp3) is 1.00. The monoisotopic (exact) mass is 287 g/mol. The Balaban J connectivity index is 2.00. The molecular weight excluding hydrogens is 254 g/mol. The zero-order valence-electron chi connectivity index (χ0n) is 13.5. The van der Waals surface area contributed by atoms with Crippen molar-refractivity contribution in [3.63, 3.8) is 0 Å². The maximum Gasteiger partial charge on any atom is 0.0897 e. The lowest BCUT2D eigenvalue weighted by Gasteiger charge is -2.36. The number of nitrogens with one attached hydrogen (secondary N) is 1. The third-order valence-electron chi connectivity index (χ3n) is 3.79. The van der Waals surface area contributed by atoms with Gasteiger partial charge in [0.25, 0.3) is 0 Å². The van der Waals surface area contributed by atoms with Crippen LogP contribution < -0.4 is 5.32 Å². The fourth-order valence-electron chi connectivity index (χ4n) is 2.62. The van der Waals surface area contributed by atoms with Crippen LogP contribution in [0.25, 0.3) is 0 Å². The third kappa shape index (κ3) is 8.20. The van der Waals surface area contributed by atoms with Gasteiger partial charge in [-0.1, -0.05) is 26.2 Å². The molecule has 0 amide bonds. The van der Waals surface area contributed by atoms with Crippen molar-refractivity contribution in [1.29, 1.82) is 0 Å². The summed E-state index contributed by atoms with van der Waals surface area (Å²) in [4.78, 5) is 0. The van der Waals surface area contributed by atoms with Crippen LogP contribution in [0.4, 0.5) is 0 Å². The average Bonchev–Trinajstić information content (AvgIpc) is 2.39. The van der Waals surface area contributed by atoms with E-state index in [0.717, 1.165) is 32.5 Å². The summed E-state index contributed by atoms with van der Waals surface area (Å²) < 4.78 is 11.2. The second kappa shape index (κ2) is 9.72. The molecule has 20 heavy (non-hydrogen) atoms. The summed E-state index contributed by atoms with van der Waals surface area (Å²) in [5.74, 6) is 0. The van der Waals surface area contributed by atoms with E-state index in [9.17, 15) is 5.11 Å². The minimum atomic E-state index is -0.410. The number of aliphatic hydroxyl groups excluding tert-OH is 1. The van der Waals surface area contributed by atoms with Crippen molar-refractivity contribution in [3.05, 3.63) is 0 Å². The number of hydrogen-bond acceptors (Lipinski definition) is 4. The molecule has 2 N–H and O–H groups in total. The topological polar surface area (TPSA) is 50.7 Å². The maximum absolute atomic E-state index is 9.89. The summed E-state index contributed by atoms with van der Waals surface area (Å²) in [6.45, 7) is 9.05. The zero-order valence-corrected chi connectivity index (χ0v) is 13.5. The van der Waals surface area contributed by atoms with Crippen LogP contribution in [0.5, 0.6) is 0 Å². The van der Waals surface area contributed by atoms with E-state index in [-0.39, 0.29) is 5.60 Å². The second-order valence-electron chi connectivity index (χ2n) is 6.50. The fourth-order valence-corrected chi connectivity index (χ4v) is 2.62. The molecule has 0 radical (unpaired) electrons. The quantitative estimate of drug-likeness (QED) is 0.606. The molecule has 1 heterocycles. The SMILES string of the molecule is CCCCCCOCC(O)CNC1CCOC(C)(C)C1. The van der Waals surface area contributed by atoms with E-state index in [1.165, 1.54) is 19.3 Å². The number of rotatable bonds is 10. The molecule has 0 aromatic carbocycles. The third-order valence-corrected chi connectivity index (χ3v) is 3.79. The predicted molar refractivity (Wildman–Crippen MR) is 82.0 cm³/mol. The van der Waals surface area contributed by atoms with Crippen LogP contribution in [0, 0.1) is 0 Å². The lowest BCUT2D eigenvalue weighted by molar-refractivity contribution is -0.0647. The van der Waals surface area contributed by atoms with Gasteiger partial charge in [0, 0.05) is 25.8 Å². The Labute approximate surface area is 124 Å². The summed E-state index contributed by atoms with van der Waals surface area (Å²) in [5, 5.41) is 13.3. The molecule has 1 fully saturated rings. The number of aliphatic hydroxyl groups is 1. The van der Waals surface area contributed by atoms with Crippen molar-refractivity contribution < 1.29 is 14.6 Å². The van der Waals surface area contributed by atoms with Gasteiger partial charge >= 0.3 is 0 Å². The van der Waals surface area contributed by atoms with Crippen LogP contribution in [0.2, 0.25) is 0 Å². The molecule has 0 aromatic heterocycles.